The van der Waals surface area contributed by atoms with Crippen LogP contribution in [0.1, 0.15) is 116 Å². The average molecular weight is 1230 g/mol. The van der Waals surface area contributed by atoms with Crippen molar-refractivity contribution in [2.24, 2.45) is 9.98 Å². The molecule has 0 spiro atoms. The molecule has 77 heavy (non-hydrogen) atoms. The van der Waals surface area contributed by atoms with Gasteiger partial charge in [0, 0.05) is 82.7 Å². The average Bonchev–Trinajstić information content (AvgIpc) is 4.11. The molecule has 0 radical (unpaired) electrons. The monoisotopic (exact) mass is 1230 g/mol. The number of para-hydroxylation sites is 4. The Balaban J connectivity index is 0.000000201. The number of aliphatic imine (C=N–C) groups is 2. The van der Waals surface area contributed by atoms with Crippen molar-refractivity contribution in [3.8, 4) is 54.9 Å². The quantitative estimate of drug-likeness (QED) is 0.117. The third-order valence-corrected chi connectivity index (χ3v) is 15.6. The maximum absolute atomic E-state index is 11.2. The zero-order chi connectivity index (χ0) is 54.2. The van der Waals surface area contributed by atoms with E-state index in [0.717, 1.165) is 97.5 Å². The normalized spacial score (nSPS) is 12.3. The molecule has 0 aliphatic rings. The maximum Gasteiger partial charge on any atom is 0.128 e. The van der Waals surface area contributed by atoms with Crippen LogP contribution in [0.3, 0.4) is 0 Å². The van der Waals surface area contributed by atoms with E-state index in [-0.39, 0.29) is 48.5 Å². The van der Waals surface area contributed by atoms with Gasteiger partial charge in [0.1, 0.15) is 21.5 Å². The third-order valence-electron chi connectivity index (χ3n) is 13.5. The second-order valence-corrected chi connectivity index (χ2v) is 25.5. The number of nitrogens with zero attached hydrogens (tertiary/aromatic N) is 4. The van der Waals surface area contributed by atoms with Crippen LogP contribution in [0.5, 0.6) is 11.5 Å². The van der Waals surface area contributed by atoms with Gasteiger partial charge in [-0.25, -0.2) is 9.97 Å². The molecule has 2 aromatic heterocycles. The van der Waals surface area contributed by atoms with Gasteiger partial charge in [-0.1, -0.05) is 180 Å². The summed E-state index contributed by atoms with van der Waals surface area (Å²) in [6.45, 7) is 25.9. The van der Waals surface area contributed by atoms with Gasteiger partial charge in [0.05, 0.1) is 21.6 Å². The molecule has 0 fully saturated rings. The summed E-state index contributed by atoms with van der Waals surface area (Å²) >= 11 is 3.34. The second kappa shape index (κ2) is 22.6. The van der Waals surface area contributed by atoms with Crippen LogP contribution in [-0.4, -0.2) is 32.6 Å². The molecule has 394 valence electrons. The molecule has 9 heteroatoms. The van der Waals surface area contributed by atoms with Crippen molar-refractivity contribution >= 4 is 66.9 Å². The molecule has 0 bridgehead atoms. The summed E-state index contributed by atoms with van der Waals surface area (Å²) in [5, 5.41) is 24.3. The molecule has 6 nitrogen and oxygen atoms in total. The molecule has 0 saturated carbocycles. The van der Waals surface area contributed by atoms with Gasteiger partial charge < -0.3 is 10.2 Å². The van der Waals surface area contributed by atoms with E-state index < -0.39 is 0 Å². The van der Waals surface area contributed by atoms with Gasteiger partial charge in [0.25, 0.3) is 0 Å². The van der Waals surface area contributed by atoms with Crippen molar-refractivity contribution in [3.63, 3.8) is 0 Å². The van der Waals surface area contributed by atoms with E-state index in [1.807, 2.05) is 60.7 Å². The van der Waals surface area contributed by atoms with Gasteiger partial charge in [-0.15, -0.1) is 58.6 Å². The van der Waals surface area contributed by atoms with Crippen LogP contribution in [0.4, 0.5) is 11.4 Å². The molecule has 8 aromatic carbocycles. The van der Waals surface area contributed by atoms with Crippen molar-refractivity contribution in [1.82, 2.24) is 9.97 Å². The van der Waals surface area contributed by atoms with Crippen LogP contribution in [-0.2, 0) is 42.7 Å². The number of benzene rings is 8. The van der Waals surface area contributed by atoms with Crippen LogP contribution in [0.2, 0.25) is 0 Å². The summed E-state index contributed by atoms with van der Waals surface area (Å²) in [7, 11) is 0. The number of hydrogen-bond acceptors (Lipinski definition) is 8. The second-order valence-electron chi connectivity index (χ2n) is 23.5. The number of aromatic hydroxyl groups is 2. The topological polar surface area (TPSA) is 91.0 Å². The minimum absolute atomic E-state index is 0. The number of aromatic nitrogens is 2. The molecule has 0 aliphatic carbocycles. The molecule has 10 aromatic rings. The smallest absolute Gasteiger partial charge is 0.128 e. The minimum Gasteiger partial charge on any atom is -0.507 e. The summed E-state index contributed by atoms with van der Waals surface area (Å²) in [5.74, 6) is 0.578. The Morgan fingerprint density at radius 3 is 1.30 bits per heavy atom. The summed E-state index contributed by atoms with van der Waals surface area (Å²) in [5.41, 5.74) is 15.1. The first-order valence-electron chi connectivity index (χ1n) is 25.9. The number of fused-ring (bicyclic) bond motifs is 2. The number of phenols is 2. The summed E-state index contributed by atoms with van der Waals surface area (Å²) < 4.78 is 2.27. The zero-order valence-electron chi connectivity index (χ0n) is 46.1. The van der Waals surface area contributed by atoms with Crippen LogP contribution in [0.25, 0.3) is 63.8 Å². The Bertz CT molecular complexity index is 3520. The number of hydrogen-bond donors (Lipinski definition) is 2. The van der Waals surface area contributed by atoms with Gasteiger partial charge in [-0.3, -0.25) is 9.98 Å². The largest absolute Gasteiger partial charge is 0.507 e. The first-order chi connectivity index (χ1) is 36.0. The van der Waals surface area contributed by atoms with Gasteiger partial charge in [-0.05, 0) is 86.9 Å². The van der Waals surface area contributed by atoms with E-state index >= 15 is 0 Å². The van der Waals surface area contributed by atoms with Crippen molar-refractivity contribution in [2.75, 3.05) is 0 Å². The number of thiazole rings is 2. The number of rotatable bonds is 8. The predicted molar refractivity (Wildman–Crippen MR) is 325 cm³/mol. The Morgan fingerprint density at radius 2 is 0.857 bits per heavy atom. The minimum atomic E-state index is -0.194. The van der Waals surface area contributed by atoms with Crippen LogP contribution in [0, 0.1) is 6.07 Å². The molecule has 0 unspecified atom stereocenters. The molecule has 0 aliphatic heterocycles. The molecule has 0 amide bonds. The molecule has 0 atom stereocenters. The SMILES string of the molecule is CC(C)(C)c1cc(C=Nc2ccccc2-c2nc3c(-c4[c-]cccc4)cccc3s2)c(O)c(C(C)(C)C)c1.CC(C)(C)c1cc(C=Nc2ccccc2-c2nc3c(-c4ccccc4)cccc3s2)c(O)c(C(C)(C)C)c1.[Pt]. The van der Waals surface area contributed by atoms with E-state index in [2.05, 4.69) is 192 Å². The van der Waals surface area contributed by atoms with E-state index in [9.17, 15) is 10.2 Å². The molecular weight excluding hydrogens is 1160 g/mol. The summed E-state index contributed by atoms with van der Waals surface area (Å²) in [4.78, 5) is 19.9. The van der Waals surface area contributed by atoms with Crippen molar-refractivity contribution in [1.29, 1.82) is 0 Å². The first kappa shape index (κ1) is 56.4. The summed E-state index contributed by atoms with van der Waals surface area (Å²) in [6.07, 6.45) is 3.58. The molecule has 10 rings (SSSR count). The fraction of sp³-hybridized carbons (Fsp3) is 0.235. The first-order valence-corrected chi connectivity index (χ1v) is 27.5. The van der Waals surface area contributed by atoms with Crippen molar-refractivity contribution in [2.45, 2.75) is 105 Å². The van der Waals surface area contributed by atoms with Crippen molar-refractivity contribution < 1.29 is 31.3 Å². The number of phenolic OH excluding ortho intramolecular Hbond substituents is 2. The Morgan fingerprint density at radius 1 is 0.442 bits per heavy atom. The standard InChI is InChI=1S/C34H34N2OS.C34H33N2OS.Pt/c2*1-33(2,3)24-19-23(31(37)27(20-24)34(4,5)6)21-35-28-17-11-10-15-26(28)32-36-30-25(16-12-18-29(30)38-32)22-13-8-7-9-14-22;/h7-21,37H,1-6H3;7-13,15-21,37H,1-6H3;/q;-1;. The van der Waals surface area contributed by atoms with E-state index in [1.54, 1.807) is 35.1 Å². The van der Waals surface area contributed by atoms with Crippen molar-refractivity contribution in [3.05, 3.63) is 203 Å². The van der Waals surface area contributed by atoms with Crippen LogP contribution >= 0.6 is 22.7 Å². The van der Waals surface area contributed by atoms with Gasteiger partial charge in [0.2, 0.25) is 0 Å². The van der Waals surface area contributed by atoms with Gasteiger partial charge in [-0.2, -0.15) is 0 Å². The Labute approximate surface area is 477 Å². The van der Waals surface area contributed by atoms with Crippen LogP contribution in [0.15, 0.2) is 174 Å². The zero-order valence-corrected chi connectivity index (χ0v) is 50.0. The molecule has 0 saturated heterocycles. The van der Waals surface area contributed by atoms with Crippen LogP contribution < -0.4 is 0 Å². The van der Waals surface area contributed by atoms with Gasteiger partial charge in [0.15, 0.2) is 0 Å². The predicted octanol–water partition coefficient (Wildman–Crippen LogP) is 19.2. The summed E-state index contributed by atoms with van der Waals surface area (Å²) in [6, 6.07) is 58.8. The maximum atomic E-state index is 11.2. The molecular formula is C68H67N4O2PtS2-. The fourth-order valence-corrected chi connectivity index (χ4v) is 11.1. The fourth-order valence-electron chi connectivity index (χ4n) is 9.09. The van der Waals surface area contributed by atoms with E-state index in [0.29, 0.717) is 5.75 Å². The Kier molecular flexibility index (Phi) is 16.6. The molecule has 2 N–H and O–H groups in total. The van der Waals surface area contributed by atoms with Gasteiger partial charge >= 0.3 is 0 Å². The molecule has 2 heterocycles. The van der Waals surface area contributed by atoms with E-state index in [4.69, 9.17) is 20.0 Å². The Hall–Kier alpha value is -6.83. The third kappa shape index (κ3) is 12.6. The van der Waals surface area contributed by atoms with E-state index in [1.165, 1.54) is 11.1 Å².